The van der Waals surface area contributed by atoms with Crippen molar-refractivity contribution in [3.63, 3.8) is 0 Å². The summed E-state index contributed by atoms with van der Waals surface area (Å²) in [6.07, 6.45) is 3.13. The lowest BCUT2D eigenvalue weighted by molar-refractivity contribution is -0.401. The lowest BCUT2D eigenvalue weighted by Gasteiger charge is -1.95. The molecule has 96 valence electrons. The molecule has 2 heterocycles. The summed E-state index contributed by atoms with van der Waals surface area (Å²) >= 11 is 0. The van der Waals surface area contributed by atoms with Crippen molar-refractivity contribution in [1.29, 1.82) is 0 Å². The third kappa shape index (κ3) is 2.75. The molecule has 0 fully saturated rings. The van der Waals surface area contributed by atoms with Gasteiger partial charge < -0.3 is 14.2 Å². The molecule has 7 nitrogen and oxygen atoms in total. The lowest BCUT2D eigenvalue weighted by atomic mass is 10.3. The van der Waals surface area contributed by atoms with Crippen LogP contribution in [0, 0.1) is 10.1 Å². The Labute approximate surface area is 103 Å². The molecule has 0 aliphatic heterocycles. The summed E-state index contributed by atoms with van der Waals surface area (Å²) in [7, 11) is 1.88. The van der Waals surface area contributed by atoms with E-state index in [0.717, 1.165) is 13.0 Å². The summed E-state index contributed by atoms with van der Waals surface area (Å²) in [5.74, 6) is 1.01. The summed E-state index contributed by atoms with van der Waals surface area (Å²) < 4.78 is 10.5. The van der Waals surface area contributed by atoms with Crippen molar-refractivity contribution in [3.05, 3.63) is 34.3 Å². The van der Waals surface area contributed by atoms with Crippen molar-refractivity contribution in [2.75, 3.05) is 13.6 Å². The lowest BCUT2D eigenvalue weighted by Crippen LogP contribution is -2.08. The van der Waals surface area contributed by atoms with Crippen LogP contribution in [-0.4, -0.2) is 23.5 Å². The van der Waals surface area contributed by atoms with Crippen molar-refractivity contribution in [2.24, 2.45) is 0 Å². The van der Waals surface area contributed by atoms with Gasteiger partial charge in [-0.25, -0.2) is 4.98 Å². The van der Waals surface area contributed by atoms with E-state index in [1.165, 1.54) is 18.3 Å². The molecule has 0 amide bonds. The Hall–Kier alpha value is -2.15. The number of aromatic nitrogens is 1. The number of aryl methyl sites for hydroxylation is 1. The molecule has 1 N–H and O–H groups in total. The van der Waals surface area contributed by atoms with Gasteiger partial charge in [-0.05, 0) is 26.1 Å². The number of nitrogens with zero attached hydrogens (tertiary/aromatic N) is 2. The predicted octanol–water partition coefficient (Wildman–Crippen LogP) is 1.99. The number of nitro groups is 1. The number of rotatable bonds is 6. The van der Waals surface area contributed by atoms with Crippen LogP contribution in [0.4, 0.5) is 5.88 Å². The van der Waals surface area contributed by atoms with Gasteiger partial charge in [0, 0.05) is 6.42 Å². The number of nitrogens with one attached hydrogen (secondary N) is 1. The summed E-state index contributed by atoms with van der Waals surface area (Å²) in [6.45, 7) is 0.879. The average Bonchev–Trinajstić information content (AvgIpc) is 2.97. The maximum absolute atomic E-state index is 10.5. The van der Waals surface area contributed by atoms with Gasteiger partial charge in [-0.15, -0.1) is 0 Å². The highest BCUT2D eigenvalue weighted by Crippen LogP contribution is 2.26. The van der Waals surface area contributed by atoms with Crippen LogP contribution in [0.15, 0.2) is 27.2 Å². The fraction of sp³-hybridized carbons (Fsp3) is 0.364. The molecule has 2 rings (SSSR count). The summed E-state index contributed by atoms with van der Waals surface area (Å²) in [4.78, 5) is 14.0. The Kier molecular flexibility index (Phi) is 3.73. The van der Waals surface area contributed by atoms with Crippen LogP contribution < -0.4 is 5.32 Å². The highest BCUT2D eigenvalue weighted by atomic mass is 16.6. The van der Waals surface area contributed by atoms with E-state index in [4.69, 9.17) is 8.83 Å². The van der Waals surface area contributed by atoms with Crippen molar-refractivity contribution in [3.8, 4) is 11.5 Å². The molecule has 0 aliphatic carbocycles. The van der Waals surface area contributed by atoms with Crippen LogP contribution >= 0.6 is 0 Å². The van der Waals surface area contributed by atoms with Gasteiger partial charge in [0.25, 0.3) is 0 Å². The molecule has 0 spiro atoms. The van der Waals surface area contributed by atoms with E-state index in [0.29, 0.717) is 23.8 Å². The first-order valence-corrected chi connectivity index (χ1v) is 5.54. The standard InChI is InChI=1S/C11H13N3O4/c1-12-6-2-3-10-13-7-9(17-10)8-4-5-11(18-8)14(15)16/h4-5,7,12H,2-3,6H2,1H3. The van der Waals surface area contributed by atoms with Gasteiger partial charge in [0.2, 0.25) is 0 Å². The SMILES string of the molecule is CNCCCc1ncc(-c2ccc([N+](=O)[O-])o2)o1. The molecule has 0 radical (unpaired) electrons. The van der Waals surface area contributed by atoms with Crippen LogP contribution in [0.25, 0.3) is 11.5 Å². The second-order valence-electron chi connectivity index (χ2n) is 3.72. The van der Waals surface area contributed by atoms with Gasteiger partial charge in [-0.1, -0.05) is 0 Å². The molecule has 18 heavy (non-hydrogen) atoms. The van der Waals surface area contributed by atoms with E-state index in [2.05, 4.69) is 10.3 Å². The van der Waals surface area contributed by atoms with Crippen LogP contribution in [-0.2, 0) is 6.42 Å². The Bertz CT molecular complexity index is 532. The van der Waals surface area contributed by atoms with Crippen molar-refractivity contribution in [2.45, 2.75) is 12.8 Å². The molecule has 0 unspecified atom stereocenters. The van der Waals surface area contributed by atoms with Gasteiger partial charge in [0.05, 0.1) is 12.3 Å². The second-order valence-corrected chi connectivity index (χ2v) is 3.72. The minimum atomic E-state index is -0.590. The van der Waals surface area contributed by atoms with E-state index >= 15 is 0 Å². The monoisotopic (exact) mass is 251 g/mol. The first-order valence-electron chi connectivity index (χ1n) is 5.54. The highest BCUT2D eigenvalue weighted by Gasteiger charge is 2.16. The summed E-state index contributed by atoms with van der Waals surface area (Å²) in [6, 6.07) is 2.79. The number of hydrogen-bond donors (Lipinski definition) is 1. The van der Waals surface area contributed by atoms with Crippen molar-refractivity contribution >= 4 is 5.88 Å². The molecule has 7 heteroatoms. The Morgan fingerprint density at radius 3 is 2.89 bits per heavy atom. The molecule has 0 atom stereocenters. The molecular formula is C11H13N3O4. The highest BCUT2D eigenvalue weighted by molar-refractivity contribution is 5.50. The first-order chi connectivity index (χ1) is 8.70. The maximum Gasteiger partial charge on any atom is 0.433 e. The fourth-order valence-electron chi connectivity index (χ4n) is 1.51. The van der Waals surface area contributed by atoms with Crippen LogP contribution in [0.3, 0.4) is 0 Å². The van der Waals surface area contributed by atoms with Crippen LogP contribution in [0.2, 0.25) is 0 Å². The largest absolute Gasteiger partial charge is 0.437 e. The molecule has 0 aromatic carbocycles. The maximum atomic E-state index is 10.5. The van der Waals surface area contributed by atoms with Crippen molar-refractivity contribution < 1.29 is 13.8 Å². The van der Waals surface area contributed by atoms with Crippen molar-refractivity contribution in [1.82, 2.24) is 10.3 Å². The van der Waals surface area contributed by atoms with Gasteiger partial charge in [-0.2, -0.15) is 0 Å². The third-order valence-corrected chi connectivity index (χ3v) is 2.39. The van der Waals surface area contributed by atoms with Gasteiger partial charge in [0.1, 0.15) is 4.92 Å². The Morgan fingerprint density at radius 2 is 2.22 bits per heavy atom. The number of furan rings is 1. The minimum Gasteiger partial charge on any atom is -0.437 e. The Balaban J connectivity index is 2.06. The number of hydrogen-bond acceptors (Lipinski definition) is 6. The zero-order valence-corrected chi connectivity index (χ0v) is 9.88. The molecule has 2 aromatic heterocycles. The van der Waals surface area contributed by atoms with E-state index in [1.807, 2.05) is 7.05 Å². The molecule has 2 aromatic rings. The quantitative estimate of drug-likeness (QED) is 0.479. The number of oxazole rings is 1. The van der Waals surface area contributed by atoms with Gasteiger partial charge in [0.15, 0.2) is 17.4 Å². The normalized spacial score (nSPS) is 10.7. The smallest absolute Gasteiger partial charge is 0.433 e. The fourth-order valence-corrected chi connectivity index (χ4v) is 1.51. The summed E-state index contributed by atoms with van der Waals surface area (Å²) in [5, 5.41) is 13.5. The molecule has 0 saturated heterocycles. The van der Waals surface area contributed by atoms with E-state index in [9.17, 15) is 10.1 Å². The predicted molar refractivity (Wildman–Crippen MR) is 63.1 cm³/mol. The summed E-state index contributed by atoms with van der Waals surface area (Å²) in [5.41, 5.74) is 0. The topological polar surface area (TPSA) is 94.3 Å². The molecular weight excluding hydrogens is 238 g/mol. The van der Waals surface area contributed by atoms with Crippen LogP contribution in [0.5, 0.6) is 0 Å². The average molecular weight is 251 g/mol. The van der Waals surface area contributed by atoms with Gasteiger partial charge >= 0.3 is 5.88 Å². The third-order valence-electron chi connectivity index (χ3n) is 2.39. The van der Waals surface area contributed by atoms with E-state index < -0.39 is 4.92 Å². The molecule has 0 aliphatic rings. The molecule has 0 bridgehead atoms. The van der Waals surface area contributed by atoms with E-state index in [1.54, 1.807) is 0 Å². The minimum absolute atomic E-state index is 0.307. The Morgan fingerprint density at radius 1 is 1.39 bits per heavy atom. The molecule has 0 saturated carbocycles. The van der Waals surface area contributed by atoms with Gasteiger partial charge in [-0.3, -0.25) is 10.1 Å². The zero-order valence-electron chi connectivity index (χ0n) is 9.88. The van der Waals surface area contributed by atoms with Crippen LogP contribution in [0.1, 0.15) is 12.3 Å². The van der Waals surface area contributed by atoms with E-state index in [-0.39, 0.29) is 5.88 Å². The second kappa shape index (κ2) is 5.46. The zero-order chi connectivity index (χ0) is 13.0. The first kappa shape index (κ1) is 12.3.